The Morgan fingerprint density at radius 3 is 2.00 bits per heavy atom. The number of furan rings is 1. The first kappa shape index (κ1) is 30.6. The number of benzene rings is 1. The molecule has 2 aliphatic rings. The maximum absolute atomic E-state index is 13.0. The summed E-state index contributed by atoms with van der Waals surface area (Å²) in [5, 5.41) is 13.9. The molecule has 3 aromatic rings. The van der Waals surface area contributed by atoms with E-state index in [9.17, 15) is 34.8 Å². The summed E-state index contributed by atoms with van der Waals surface area (Å²) in [6, 6.07) is 11.5. The molecule has 16 heteroatoms. The van der Waals surface area contributed by atoms with E-state index in [1.54, 1.807) is 31.0 Å². The molecule has 2 unspecified atom stereocenters. The van der Waals surface area contributed by atoms with Gasteiger partial charge in [-0.3, -0.25) is 9.88 Å². The Morgan fingerprint density at radius 1 is 0.925 bits per heavy atom. The normalized spacial score (nSPS) is 19.4. The van der Waals surface area contributed by atoms with Crippen LogP contribution in [0, 0.1) is 0 Å². The second kappa shape index (κ2) is 11.7. The number of likely N-dealkylation sites (tertiary alicyclic amines) is 1. The van der Waals surface area contributed by atoms with Crippen molar-refractivity contribution in [2.75, 3.05) is 13.1 Å². The van der Waals surface area contributed by atoms with Crippen LogP contribution in [0.3, 0.4) is 0 Å². The van der Waals surface area contributed by atoms with Gasteiger partial charge in [0.2, 0.25) is 0 Å². The molecule has 4 heterocycles. The number of carboxylic acids is 2. The molecule has 0 amide bonds. The van der Waals surface area contributed by atoms with Crippen LogP contribution in [0.2, 0.25) is 0 Å². The van der Waals surface area contributed by atoms with Crippen molar-refractivity contribution < 1.29 is 59.0 Å². The first-order valence-electron chi connectivity index (χ1n) is 11.1. The number of alkyl halides is 6. The Hall–Kier alpha value is -3.92. The highest BCUT2D eigenvalue weighted by molar-refractivity contribution is 7.92. The van der Waals surface area contributed by atoms with Gasteiger partial charge in [0.05, 0.1) is 22.7 Å². The molecule has 0 saturated carbocycles. The van der Waals surface area contributed by atoms with Crippen LogP contribution in [0.5, 0.6) is 0 Å². The van der Waals surface area contributed by atoms with Crippen molar-refractivity contribution in [2.45, 2.75) is 35.0 Å². The van der Waals surface area contributed by atoms with Gasteiger partial charge in [-0.2, -0.15) is 26.3 Å². The molecule has 1 aromatic carbocycles. The van der Waals surface area contributed by atoms with E-state index in [0.29, 0.717) is 11.4 Å². The average molecular weight is 594 g/mol. The number of fused-ring (bicyclic) bond motifs is 3. The molecule has 40 heavy (non-hydrogen) atoms. The summed E-state index contributed by atoms with van der Waals surface area (Å²) in [5.41, 5.74) is 4.12. The topological polar surface area (TPSA) is 138 Å². The van der Waals surface area contributed by atoms with Gasteiger partial charge in [0, 0.05) is 43.5 Å². The number of pyridine rings is 1. The van der Waals surface area contributed by atoms with Gasteiger partial charge in [-0.05, 0) is 47.0 Å². The number of nitrogens with zero attached hydrogens (tertiary/aromatic N) is 2. The number of carbonyl (C=O) groups is 2. The summed E-state index contributed by atoms with van der Waals surface area (Å²) >= 11 is 0. The van der Waals surface area contributed by atoms with Crippen molar-refractivity contribution in [1.82, 2.24) is 9.88 Å². The number of aliphatic carboxylic acids is 2. The molecule has 2 aromatic heterocycles. The summed E-state index contributed by atoms with van der Waals surface area (Å²) in [4.78, 5) is 24.6. The molecule has 0 bridgehead atoms. The van der Waals surface area contributed by atoms with Crippen molar-refractivity contribution >= 4 is 21.8 Å². The van der Waals surface area contributed by atoms with E-state index < -0.39 is 34.1 Å². The van der Waals surface area contributed by atoms with Crippen molar-refractivity contribution in [1.29, 1.82) is 0 Å². The zero-order valence-corrected chi connectivity index (χ0v) is 20.9. The molecule has 2 N–H and O–H groups in total. The van der Waals surface area contributed by atoms with Crippen molar-refractivity contribution in [3.05, 3.63) is 72.4 Å². The third-order valence-corrected chi connectivity index (χ3v) is 8.20. The third kappa shape index (κ3) is 7.18. The minimum absolute atomic E-state index is 0.0312. The fourth-order valence-electron chi connectivity index (χ4n) is 4.22. The van der Waals surface area contributed by atoms with Gasteiger partial charge in [-0.1, -0.05) is 6.07 Å². The maximum Gasteiger partial charge on any atom is 0.490 e. The number of aromatic nitrogens is 1. The zero-order valence-electron chi connectivity index (χ0n) is 20.1. The minimum Gasteiger partial charge on any atom is -0.475 e. The van der Waals surface area contributed by atoms with Crippen LogP contribution in [0.15, 0.2) is 70.6 Å². The number of halogens is 6. The van der Waals surface area contributed by atoms with Gasteiger partial charge >= 0.3 is 24.3 Å². The highest BCUT2D eigenvalue weighted by Gasteiger charge is 2.50. The Kier molecular flexibility index (Phi) is 8.94. The Bertz CT molecular complexity index is 1420. The highest BCUT2D eigenvalue weighted by atomic mass is 32.2. The van der Waals surface area contributed by atoms with Crippen LogP contribution < -0.4 is 0 Å². The average Bonchev–Trinajstić information content (AvgIpc) is 3.58. The summed E-state index contributed by atoms with van der Waals surface area (Å²) in [7, 11) is -3.27. The third-order valence-electron chi connectivity index (χ3n) is 5.94. The lowest BCUT2D eigenvalue weighted by Crippen LogP contribution is -2.25. The van der Waals surface area contributed by atoms with Gasteiger partial charge in [0.1, 0.15) is 0 Å². The van der Waals surface area contributed by atoms with Crippen LogP contribution in [0.1, 0.15) is 17.0 Å². The molecule has 2 atom stereocenters. The molecule has 9 nitrogen and oxygen atoms in total. The van der Waals surface area contributed by atoms with E-state index in [1.165, 1.54) is 0 Å². The Labute approximate surface area is 222 Å². The monoisotopic (exact) mass is 594 g/mol. The van der Waals surface area contributed by atoms with Gasteiger partial charge in [-0.25, -0.2) is 18.0 Å². The molecule has 1 saturated heterocycles. The standard InChI is InChI=1S/C20H18N2O3S.2C2HF3O2/c23-26(24)19-2-1-16(15-3-6-21-7-4-15)9-17(19)18-11-22(12-20(18)26)10-14-5-8-25-13-14;2*3-2(4,5)1(6)7/h1-9,13,18,20H,10-12H2;2*(H,6,7). The van der Waals surface area contributed by atoms with Gasteiger partial charge in [-0.15, -0.1) is 0 Å². The van der Waals surface area contributed by atoms with Crippen LogP contribution >= 0.6 is 0 Å². The summed E-state index contributed by atoms with van der Waals surface area (Å²) in [6.07, 6.45) is -3.29. The number of carboxylic acid groups (broad SMARTS) is 2. The molecule has 0 radical (unpaired) electrons. The predicted molar refractivity (Wildman–Crippen MR) is 125 cm³/mol. The van der Waals surface area contributed by atoms with Crippen molar-refractivity contribution in [3.8, 4) is 11.1 Å². The quantitative estimate of drug-likeness (QED) is 0.424. The summed E-state index contributed by atoms with van der Waals surface area (Å²) in [5.74, 6) is -5.48. The smallest absolute Gasteiger partial charge is 0.475 e. The van der Waals surface area contributed by atoms with Crippen molar-refractivity contribution in [3.63, 3.8) is 0 Å². The zero-order chi connectivity index (χ0) is 29.9. The van der Waals surface area contributed by atoms with Gasteiger partial charge in [0.15, 0.2) is 9.84 Å². The number of hydrogen-bond acceptors (Lipinski definition) is 7. The Balaban J connectivity index is 0.000000263. The first-order valence-corrected chi connectivity index (χ1v) is 12.7. The molecule has 1 fully saturated rings. The van der Waals surface area contributed by atoms with E-state index in [2.05, 4.69) is 9.88 Å². The lowest BCUT2D eigenvalue weighted by molar-refractivity contribution is -0.193. The van der Waals surface area contributed by atoms with Gasteiger partial charge < -0.3 is 14.6 Å². The fourth-order valence-corrected chi connectivity index (χ4v) is 6.41. The molecule has 0 aliphatic carbocycles. The second-order valence-corrected chi connectivity index (χ2v) is 10.7. The van der Waals surface area contributed by atoms with E-state index >= 15 is 0 Å². The van der Waals surface area contributed by atoms with Crippen LogP contribution in [-0.4, -0.2) is 71.1 Å². The molecule has 0 spiro atoms. The van der Waals surface area contributed by atoms with E-state index in [-0.39, 0.29) is 11.2 Å². The van der Waals surface area contributed by atoms with E-state index in [4.69, 9.17) is 24.2 Å². The fraction of sp³-hybridized carbons (Fsp3) is 0.292. The van der Waals surface area contributed by atoms with E-state index in [1.807, 2.05) is 30.3 Å². The lowest BCUT2D eigenvalue weighted by atomic mass is 9.95. The minimum atomic E-state index is -5.08. The number of rotatable bonds is 3. The van der Waals surface area contributed by atoms with E-state index in [0.717, 1.165) is 35.3 Å². The number of hydrogen-bond donors (Lipinski definition) is 2. The summed E-state index contributed by atoms with van der Waals surface area (Å²) < 4.78 is 94.6. The molecular formula is C24H20F6N2O7S. The largest absolute Gasteiger partial charge is 0.490 e. The first-order chi connectivity index (χ1) is 18.5. The maximum atomic E-state index is 13.0. The molecular weight excluding hydrogens is 574 g/mol. The second-order valence-electron chi connectivity index (χ2n) is 8.61. The van der Waals surface area contributed by atoms with Gasteiger partial charge in [0.25, 0.3) is 0 Å². The van der Waals surface area contributed by atoms with Crippen molar-refractivity contribution in [2.24, 2.45) is 0 Å². The lowest BCUT2D eigenvalue weighted by Gasteiger charge is -2.16. The van der Waals surface area contributed by atoms with Crippen LogP contribution in [-0.2, 0) is 26.0 Å². The Morgan fingerprint density at radius 2 is 1.50 bits per heavy atom. The molecule has 216 valence electrons. The molecule has 2 aliphatic heterocycles. The summed E-state index contributed by atoms with van der Waals surface area (Å²) in [6.45, 7) is 2.04. The number of sulfone groups is 1. The highest BCUT2D eigenvalue weighted by Crippen LogP contribution is 2.46. The molecule has 5 rings (SSSR count). The van der Waals surface area contributed by atoms with Crippen LogP contribution in [0.4, 0.5) is 26.3 Å². The predicted octanol–water partition coefficient (Wildman–Crippen LogP) is 4.36. The van der Waals surface area contributed by atoms with Crippen LogP contribution in [0.25, 0.3) is 11.1 Å². The SMILES string of the molecule is O=C(O)C(F)(F)F.O=C(O)C(F)(F)F.O=S1(=O)c2ccc(-c3ccncc3)cc2C2CN(Cc3ccoc3)CC21.